The molecule has 0 bridgehead atoms. The third-order valence-electron chi connectivity index (χ3n) is 2.06. The number of aromatic nitrogens is 2. The lowest BCUT2D eigenvalue weighted by molar-refractivity contribution is -0.141. The van der Waals surface area contributed by atoms with Crippen LogP contribution in [0.1, 0.15) is 20.3 Å². The average molecular weight is 223 g/mol. The highest BCUT2D eigenvalue weighted by molar-refractivity contribution is 5.78. The van der Waals surface area contributed by atoms with Crippen LogP contribution in [0.3, 0.4) is 0 Å². The van der Waals surface area contributed by atoms with Crippen LogP contribution in [-0.4, -0.2) is 29.1 Å². The fourth-order valence-electron chi connectivity index (χ4n) is 1.36. The average Bonchev–Trinajstić information content (AvgIpc) is 2.28. The van der Waals surface area contributed by atoms with Gasteiger partial charge in [0.1, 0.15) is 6.04 Å². The van der Waals surface area contributed by atoms with E-state index in [1.807, 2.05) is 13.8 Å². The molecule has 16 heavy (non-hydrogen) atoms. The first-order valence-electron chi connectivity index (χ1n) is 5.25. The van der Waals surface area contributed by atoms with Crippen LogP contribution in [0.25, 0.3) is 0 Å². The van der Waals surface area contributed by atoms with Crippen molar-refractivity contribution in [2.75, 3.05) is 12.4 Å². The summed E-state index contributed by atoms with van der Waals surface area (Å²) in [6, 6.07) is 1.33. The van der Waals surface area contributed by atoms with Gasteiger partial charge in [-0.05, 0) is 18.4 Å². The maximum absolute atomic E-state index is 11.5. The van der Waals surface area contributed by atoms with Gasteiger partial charge in [-0.25, -0.2) is 14.8 Å². The highest BCUT2D eigenvalue weighted by Crippen LogP contribution is 2.10. The fraction of sp³-hybridized carbons (Fsp3) is 0.545. The van der Waals surface area contributed by atoms with Gasteiger partial charge >= 0.3 is 5.97 Å². The number of esters is 1. The Kier molecular flexibility index (Phi) is 4.69. The highest BCUT2D eigenvalue weighted by atomic mass is 16.5. The first-order chi connectivity index (χ1) is 7.63. The number of rotatable bonds is 5. The summed E-state index contributed by atoms with van der Waals surface area (Å²) in [6.45, 7) is 4.09. The van der Waals surface area contributed by atoms with Crippen molar-refractivity contribution in [1.29, 1.82) is 0 Å². The molecule has 5 nitrogen and oxygen atoms in total. The Morgan fingerprint density at radius 2 is 2.06 bits per heavy atom. The molecule has 1 rings (SSSR count). The van der Waals surface area contributed by atoms with Crippen molar-refractivity contribution >= 4 is 11.9 Å². The summed E-state index contributed by atoms with van der Waals surface area (Å²) in [5.41, 5.74) is 0. The van der Waals surface area contributed by atoms with Gasteiger partial charge in [0.15, 0.2) is 0 Å². The Balaban J connectivity index is 2.67. The molecule has 88 valence electrons. The van der Waals surface area contributed by atoms with Crippen molar-refractivity contribution in [1.82, 2.24) is 9.97 Å². The number of hydrogen-bond donors (Lipinski definition) is 1. The summed E-state index contributed by atoms with van der Waals surface area (Å²) in [5, 5.41) is 2.96. The zero-order chi connectivity index (χ0) is 12.0. The Bertz CT molecular complexity index is 327. The van der Waals surface area contributed by atoms with Gasteiger partial charge in [-0.1, -0.05) is 13.8 Å². The second-order valence-corrected chi connectivity index (χ2v) is 3.92. The van der Waals surface area contributed by atoms with Crippen LogP contribution in [0.4, 0.5) is 5.95 Å². The standard InChI is InChI=1S/C11H17N3O2/c1-8(2)7-9(10(15)16-3)14-11-12-5-4-6-13-11/h4-6,8-9H,7H2,1-3H3,(H,12,13,14). The molecule has 5 heteroatoms. The Hall–Kier alpha value is -1.65. The van der Waals surface area contributed by atoms with E-state index < -0.39 is 6.04 Å². The third kappa shape index (κ3) is 3.84. The topological polar surface area (TPSA) is 64.1 Å². The van der Waals surface area contributed by atoms with E-state index in [1.165, 1.54) is 7.11 Å². The van der Waals surface area contributed by atoms with E-state index in [-0.39, 0.29) is 5.97 Å². The zero-order valence-corrected chi connectivity index (χ0v) is 9.80. The molecule has 0 spiro atoms. The minimum absolute atomic E-state index is 0.291. The smallest absolute Gasteiger partial charge is 0.328 e. The first kappa shape index (κ1) is 12.4. The molecule has 0 aliphatic carbocycles. The third-order valence-corrected chi connectivity index (χ3v) is 2.06. The van der Waals surface area contributed by atoms with Gasteiger partial charge in [-0.2, -0.15) is 0 Å². The molecular weight excluding hydrogens is 206 g/mol. The Labute approximate surface area is 95.3 Å². The van der Waals surface area contributed by atoms with Crippen LogP contribution in [-0.2, 0) is 9.53 Å². The fourth-order valence-corrected chi connectivity index (χ4v) is 1.36. The van der Waals surface area contributed by atoms with Crippen molar-refractivity contribution < 1.29 is 9.53 Å². The van der Waals surface area contributed by atoms with Gasteiger partial charge in [-0.3, -0.25) is 0 Å². The van der Waals surface area contributed by atoms with Crippen LogP contribution in [0.15, 0.2) is 18.5 Å². The Morgan fingerprint density at radius 3 is 2.56 bits per heavy atom. The van der Waals surface area contributed by atoms with Gasteiger partial charge in [-0.15, -0.1) is 0 Å². The number of carbonyl (C=O) groups excluding carboxylic acids is 1. The molecule has 0 aromatic carbocycles. The summed E-state index contributed by atoms with van der Waals surface area (Å²) >= 11 is 0. The summed E-state index contributed by atoms with van der Waals surface area (Å²) in [4.78, 5) is 19.5. The maximum Gasteiger partial charge on any atom is 0.328 e. The first-order valence-corrected chi connectivity index (χ1v) is 5.25. The molecule has 0 saturated carbocycles. The van der Waals surface area contributed by atoms with Crippen LogP contribution in [0, 0.1) is 5.92 Å². The lowest BCUT2D eigenvalue weighted by Crippen LogP contribution is -2.32. The van der Waals surface area contributed by atoms with Crippen molar-refractivity contribution in [2.24, 2.45) is 5.92 Å². The summed E-state index contributed by atoms with van der Waals surface area (Å²) < 4.78 is 4.73. The lowest BCUT2D eigenvalue weighted by Gasteiger charge is -2.17. The molecule has 0 aliphatic heterocycles. The number of anilines is 1. The van der Waals surface area contributed by atoms with Crippen LogP contribution < -0.4 is 5.32 Å². The molecule has 1 aromatic rings. The number of ether oxygens (including phenoxy) is 1. The number of nitrogens with one attached hydrogen (secondary N) is 1. The van der Waals surface area contributed by atoms with E-state index in [0.717, 1.165) is 0 Å². The quantitative estimate of drug-likeness (QED) is 0.766. The van der Waals surface area contributed by atoms with Gasteiger partial charge < -0.3 is 10.1 Å². The van der Waals surface area contributed by atoms with E-state index in [1.54, 1.807) is 18.5 Å². The molecule has 0 radical (unpaired) electrons. The van der Waals surface area contributed by atoms with Gasteiger partial charge in [0.2, 0.25) is 5.95 Å². The molecule has 1 aromatic heterocycles. The second-order valence-electron chi connectivity index (χ2n) is 3.92. The van der Waals surface area contributed by atoms with Crippen molar-refractivity contribution in [3.8, 4) is 0 Å². The molecule has 1 heterocycles. The molecule has 0 fully saturated rings. The molecule has 1 atom stereocenters. The molecule has 0 amide bonds. The van der Waals surface area contributed by atoms with Crippen LogP contribution >= 0.6 is 0 Å². The largest absolute Gasteiger partial charge is 0.467 e. The minimum atomic E-state index is -0.396. The molecule has 0 aliphatic rings. The Morgan fingerprint density at radius 1 is 1.44 bits per heavy atom. The van der Waals surface area contributed by atoms with Crippen molar-refractivity contribution in [2.45, 2.75) is 26.3 Å². The number of carbonyl (C=O) groups is 1. The summed E-state index contributed by atoms with van der Waals surface area (Å²) in [7, 11) is 1.38. The highest BCUT2D eigenvalue weighted by Gasteiger charge is 2.20. The van der Waals surface area contributed by atoms with E-state index >= 15 is 0 Å². The molecule has 0 saturated heterocycles. The predicted octanol–water partition coefficient (Wildman–Crippen LogP) is 1.48. The van der Waals surface area contributed by atoms with Crippen LogP contribution in [0.2, 0.25) is 0 Å². The number of methoxy groups -OCH3 is 1. The second kappa shape index (κ2) is 6.05. The van der Waals surface area contributed by atoms with Crippen LogP contribution in [0.5, 0.6) is 0 Å². The molecule has 1 N–H and O–H groups in total. The van der Waals surface area contributed by atoms with E-state index in [4.69, 9.17) is 4.74 Å². The number of nitrogens with zero attached hydrogens (tertiary/aromatic N) is 2. The summed E-state index contributed by atoms with van der Waals surface area (Å²) in [6.07, 6.45) is 3.93. The van der Waals surface area contributed by atoms with Crippen molar-refractivity contribution in [3.63, 3.8) is 0 Å². The SMILES string of the molecule is COC(=O)C(CC(C)C)Nc1ncccn1. The van der Waals surface area contributed by atoms with Gasteiger partial charge in [0, 0.05) is 12.4 Å². The van der Waals surface area contributed by atoms with E-state index in [0.29, 0.717) is 18.3 Å². The molecular formula is C11H17N3O2. The lowest BCUT2D eigenvalue weighted by atomic mass is 10.0. The minimum Gasteiger partial charge on any atom is -0.467 e. The van der Waals surface area contributed by atoms with Crippen molar-refractivity contribution in [3.05, 3.63) is 18.5 Å². The normalized spacial score (nSPS) is 12.2. The predicted molar refractivity (Wildman–Crippen MR) is 60.9 cm³/mol. The maximum atomic E-state index is 11.5. The zero-order valence-electron chi connectivity index (χ0n) is 9.80. The van der Waals surface area contributed by atoms with Gasteiger partial charge in [0.05, 0.1) is 7.11 Å². The van der Waals surface area contributed by atoms with Gasteiger partial charge in [0.25, 0.3) is 0 Å². The summed E-state index contributed by atoms with van der Waals surface area (Å²) in [5.74, 6) is 0.542. The number of hydrogen-bond acceptors (Lipinski definition) is 5. The van der Waals surface area contributed by atoms with E-state index in [9.17, 15) is 4.79 Å². The molecule has 1 unspecified atom stereocenters. The monoisotopic (exact) mass is 223 g/mol. The van der Waals surface area contributed by atoms with E-state index in [2.05, 4.69) is 15.3 Å².